The lowest BCUT2D eigenvalue weighted by molar-refractivity contribution is -0.141. The molecule has 12 heteroatoms. The number of nitrogens with zero attached hydrogens (tertiary/aromatic N) is 4. The maximum absolute atomic E-state index is 12.7. The number of hydrogen-bond acceptors (Lipinski definition) is 8. The van der Waals surface area contributed by atoms with E-state index in [1.54, 1.807) is 55.9 Å². The van der Waals surface area contributed by atoms with Gasteiger partial charge in [0.15, 0.2) is 6.04 Å². The Kier molecular flexibility index (Phi) is 7.01. The monoisotopic (exact) mass is 499 g/mol. The van der Waals surface area contributed by atoms with Crippen LogP contribution in [0.2, 0.25) is 0 Å². The number of sulfonamides is 1. The number of carboxylic acids is 1. The predicted octanol–water partition coefficient (Wildman–Crippen LogP) is 2.76. The Morgan fingerprint density at radius 1 is 1.21 bits per heavy atom. The van der Waals surface area contributed by atoms with Gasteiger partial charge in [-0.2, -0.15) is 0 Å². The predicted molar refractivity (Wildman–Crippen MR) is 125 cm³/mol. The largest absolute Gasteiger partial charge is 0.497 e. The Bertz CT molecular complexity index is 1370. The third-order valence-corrected chi connectivity index (χ3v) is 8.01. The summed E-state index contributed by atoms with van der Waals surface area (Å²) in [5.41, 5.74) is 1.91. The third kappa shape index (κ3) is 5.47. The van der Waals surface area contributed by atoms with Crippen LogP contribution in [0.5, 0.6) is 5.75 Å². The van der Waals surface area contributed by atoms with Gasteiger partial charge in [-0.1, -0.05) is 23.4 Å². The number of carboxylic acid groups (broad SMARTS) is 1. The molecule has 0 bridgehead atoms. The van der Waals surface area contributed by atoms with Crippen molar-refractivity contribution in [3.8, 4) is 16.2 Å². The highest BCUT2D eigenvalue weighted by Crippen LogP contribution is 2.30. The summed E-state index contributed by atoms with van der Waals surface area (Å²) in [5, 5.41) is 17.5. The Morgan fingerprint density at radius 3 is 2.68 bits per heavy atom. The number of carbonyl (C=O) groups is 1. The molecule has 0 amide bonds. The fourth-order valence-electron chi connectivity index (χ4n) is 3.19. The molecule has 0 aliphatic carbocycles. The van der Waals surface area contributed by atoms with Gasteiger partial charge in [0.1, 0.15) is 9.96 Å². The molecule has 4 aromatic rings. The van der Waals surface area contributed by atoms with Crippen LogP contribution in [-0.2, 0) is 27.8 Å². The summed E-state index contributed by atoms with van der Waals surface area (Å²) in [5.74, 6) is -0.404. The molecule has 176 valence electrons. The molecule has 1 aromatic carbocycles. The molecule has 3 aromatic heterocycles. The fraction of sp³-hybridized carbons (Fsp3) is 0.182. The van der Waals surface area contributed by atoms with Crippen molar-refractivity contribution < 1.29 is 23.1 Å². The van der Waals surface area contributed by atoms with E-state index in [9.17, 15) is 18.3 Å². The Labute approximate surface area is 199 Å². The van der Waals surface area contributed by atoms with Crippen molar-refractivity contribution >= 4 is 27.3 Å². The average Bonchev–Trinajstić information content (AvgIpc) is 3.53. The SMILES string of the molecule is COc1ccc(C[C@@H](C(=O)O)n2cc(CNS(=O)(=O)c3ccc(-c4cccnc4)s3)nn2)cc1. The normalized spacial score (nSPS) is 12.4. The minimum atomic E-state index is -3.79. The van der Waals surface area contributed by atoms with Crippen LogP contribution in [0.25, 0.3) is 10.4 Å². The zero-order chi connectivity index (χ0) is 24.1. The van der Waals surface area contributed by atoms with Crippen LogP contribution in [0.4, 0.5) is 0 Å². The molecule has 0 fully saturated rings. The number of ether oxygens (including phenoxy) is 1. The molecular formula is C22H21N5O5S2. The molecule has 4 rings (SSSR count). The van der Waals surface area contributed by atoms with Crippen molar-refractivity contribution in [2.75, 3.05) is 7.11 Å². The van der Waals surface area contributed by atoms with E-state index in [1.165, 1.54) is 16.9 Å². The van der Waals surface area contributed by atoms with E-state index < -0.39 is 22.0 Å². The smallest absolute Gasteiger partial charge is 0.328 e. The van der Waals surface area contributed by atoms with Crippen LogP contribution in [0, 0.1) is 0 Å². The number of thiophene rings is 1. The number of aromatic nitrogens is 4. The van der Waals surface area contributed by atoms with Gasteiger partial charge in [-0.15, -0.1) is 16.4 Å². The fourth-order valence-corrected chi connectivity index (χ4v) is 5.53. The van der Waals surface area contributed by atoms with Crippen LogP contribution in [-0.4, -0.2) is 46.6 Å². The maximum Gasteiger partial charge on any atom is 0.328 e. The van der Waals surface area contributed by atoms with Gasteiger partial charge < -0.3 is 9.84 Å². The van der Waals surface area contributed by atoms with Gasteiger partial charge in [-0.3, -0.25) is 4.98 Å². The van der Waals surface area contributed by atoms with Crippen LogP contribution in [0.1, 0.15) is 17.3 Å². The number of benzene rings is 1. The highest BCUT2D eigenvalue weighted by atomic mass is 32.2. The number of rotatable bonds is 10. The number of nitrogens with one attached hydrogen (secondary N) is 1. The van der Waals surface area contributed by atoms with E-state index >= 15 is 0 Å². The zero-order valence-corrected chi connectivity index (χ0v) is 19.7. The molecule has 1 atom stereocenters. The molecule has 0 aliphatic heterocycles. The third-order valence-electron chi connectivity index (χ3n) is 4.99. The number of pyridine rings is 1. The quantitative estimate of drug-likeness (QED) is 0.340. The summed E-state index contributed by atoms with van der Waals surface area (Å²) < 4.78 is 34.4. The minimum absolute atomic E-state index is 0.128. The molecule has 10 nitrogen and oxygen atoms in total. The van der Waals surface area contributed by atoms with Crippen LogP contribution in [0.15, 0.2) is 71.3 Å². The highest BCUT2D eigenvalue weighted by Gasteiger charge is 2.23. The van der Waals surface area contributed by atoms with E-state index in [1.807, 2.05) is 6.07 Å². The summed E-state index contributed by atoms with van der Waals surface area (Å²) in [7, 11) is -2.23. The van der Waals surface area contributed by atoms with Crippen molar-refractivity contribution in [2.45, 2.75) is 23.2 Å². The summed E-state index contributed by atoms with van der Waals surface area (Å²) in [6.45, 7) is -0.128. The lowest BCUT2D eigenvalue weighted by Crippen LogP contribution is -2.23. The summed E-state index contributed by atoms with van der Waals surface area (Å²) in [4.78, 5) is 16.7. The molecule has 0 saturated carbocycles. The van der Waals surface area contributed by atoms with E-state index in [4.69, 9.17) is 4.74 Å². The first-order chi connectivity index (χ1) is 16.4. The first-order valence-corrected chi connectivity index (χ1v) is 12.4. The average molecular weight is 500 g/mol. The number of methoxy groups -OCH3 is 1. The minimum Gasteiger partial charge on any atom is -0.497 e. The van der Waals surface area contributed by atoms with Crippen LogP contribution < -0.4 is 9.46 Å². The highest BCUT2D eigenvalue weighted by molar-refractivity contribution is 7.91. The van der Waals surface area contributed by atoms with Gasteiger partial charge in [0.25, 0.3) is 0 Å². The second kappa shape index (κ2) is 10.1. The van der Waals surface area contributed by atoms with E-state index in [0.29, 0.717) is 11.4 Å². The van der Waals surface area contributed by atoms with Crippen molar-refractivity contribution in [2.24, 2.45) is 0 Å². The Balaban J connectivity index is 1.43. The topological polar surface area (TPSA) is 136 Å². The molecule has 0 radical (unpaired) electrons. The molecule has 0 unspecified atom stereocenters. The molecular weight excluding hydrogens is 478 g/mol. The van der Waals surface area contributed by atoms with Crippen LogP contribution in [0.3, 0.4) is 0 Å². The molecule has 0 aliphatic rings. The van der Waals surface area contributed by atoms with Gasteiger partial charge >= 0.3 is 5.97 Å². The molecule has 0 saturated heterocycles. The second-order valence-electron chi connectivity index (χ2n) is 7.28. The molecule has 0 spiro atoms. The first-order valence-electron chi connectivity index (χ1n) is 10.1. The zero-order valence-electron chi connectivity index (χ0n) is 18.0. The van der Waals surface area contributed by atoms with Crippen molar-refractivity contribution in [3.63, 3.8) is 0 Å². The number of hydrogen-bond donors (Lipinski definition) is 2. The van der Waals surface area contributed by atoms with Gasteiger partial charge in [0.2, 0.25) is 10.0 Å². The van der Waals surface area contributed by atoms with E-state index in [-0.39, 0.29) is 17.2 Å². The van der Waals surface area contributed by atoms with Gasteiger partial charge in [-0.05, 0) is 35.9 Å². The number of aliphatic carboxylic acids is 1. The summed E-state index contributed by atoms with van der Waals surface area (Å²) in [6, 6.07) is 13.0. The standard InChI is InChI=1S/C22H21N5O5S2/c1-32-18-6-4-15(5-7-18)11-19(22(28)29)27-14-17(25-26-27)13-24-34(30,31)21-9-8-20(33-21)16-3-2-10-23-12-16/h2-10,12,14,19,24H,11,13H2,1H3,(H,28,29)/t19-/m0/s1. The van der Waals surface area contributed by atoms with E-state index in [0.717, 1.165) is 27.3 Å². The summed E-state index contributed by atoms with van der Waals surface area (Å²) >= 11 is 1.13. The maximum atomic E-state index is 12.7. The lowest BCUT2D eigenvalue weighted by Gasteiger charge is -2.12. The van der Waals surface area contributed by atoms with Gasteiger partial charge in [0.05, 0.1) is 25.5 Å². The molecule has 34 heavy (non-hydrogen) atoms. The van der Waals surface area contributed by atoms with Crippen molar-refractivity contribution in [1.29, 1.82) is 0 Å². The Hall–Kier alpha value is -3.61. The van der Waals surface area contributed by atoms with Crippen molar-refractivity contribution in [3.05, 3.63) is 78.4 Å². The van der Waals surface area contributed by atoms with Crippen LogP contribution >= 0.6 is 11.3 Å². The molecule has 3 heterocycles. The van der Waals surface area contributed by atoms with E-state index in [2.05, 4.69) is 20.0 Å². The first kappa shape index (κ1) is 23.5. The van der Waals surface area contributed by atoms with Gasteiger partial charge in [-0.25, -0.2) is 22.6 Å². The Morgan fingerprint density at radius 2 is 2.00 bits per heavy atom. The second-order valence-corrected chi connectivity index (χ2v) is 10.4. The van der Waals surface area contributed by atoms with Gasteiger partial charge in [0, 0.05) is 29.3 Å². The summed E-state index contributed by atoms with van der Waals surface area (Å²) in [6.07, 6.45) is 4.93. The van der Waals surface area contributed by atoms with Crippen molar-refractivity contribution in [1.82, 2.24) is 24.7 Å². The lowest BCUT2D eigenvalue weighted by atomic mass is 10.1. The molecule has 2 N–H and O–H groups in total.